The molecule has 0 heterocycles. The second-order valence-corrected chi connectivity index (χ2v) is 6.12. The van der Waals surface area contributed by atoms with Gasteiger partial charge in [0.25, 0.3) is 0 Å². The highest BCUT2D eigenvalue weighted by Crippen LogP contribution is 2.32. The smallest absolute Gasteiger partial charge is 0.0984 e. The van der Waals surface area contributed by atoms with E-state index in [1.807, 2.05) is 12.2 Å². The van der Waals surface area contributed by atoms with Crippen LogP contribution in [0, 0.1) is 0 Å². The van der Waals surface area contributed by atoms with Gasteiger partial charge in [0, 0.05) is 0 Å². The molecule has 0 spiro atoms. The van der Waals surface area contributed by atoms with E-state index >= 15 is 0 Å². The zero-order chi connectivity index (χ0) is 10.3. The first-order valence-corrected chi connectivity index (χ1v) is 6.12. The average Bonchev–Trinajstić information content (AvgIpc) is 2.11. The van der Waals surface area contributed by atoms with E-state index in [0.717, 1.165) is 12.8 Å². The lowest BCUT2D eigenvalue weighted by Crippen LogP contribution is -2.35. The molecule has 13 heavy (non-hydrogen) atoms. The van der Waals surface area contributed by atoms with E-state index in [1.165, 1.54) is 0 Å². The first-order valence-electron chi connectivity index (χ1n) is 4.29. The Morgan fingerprint density at radius 1 is 1.15 bits per heavy atom. The van der Waals surface area contributed by atoms with Crippen LogP contribution < -0.4 is 0 Å². The Bertz CT molecular complexity index is 154. The van der Waals surface area contributed by atoms with Gasteiger partial charge in [0.15, 0.2) is 0 Å². The van der Waals surface area contributed by atoms with Crippen LogP contribution >= 0.6 is 31.9 Å². The number of halogens is 2. The van der Waals surface area contributed by atoms with Gasteiger partial charge >= 0.3 is 0 Å². The molecule has 0 aliphatic carbocycles. The van der Waals surface area contributed by atoms with Gasteiger partial charge in [0.2, 0.25) is 0 Å². The van der Waals surface area contributed by atoms with Crippen molar-refractivity contribution >= 4 is 31.9 Å². The summed E-state index contributed by atoms with van der Waals surface area (Å²) < 4.78 is -0.0765. The molecule has 0 rings (SSSR count). The standard InChI is InChI=1S/C10H16Br2O/c1-3-5-7-10(13,9(11)12)8-6-4-2/h3-4,9,13H,1-2,5-8H2. The van der Waals surface area contributed by atoms with Crippen molar-refractivity contribution in [2.75, 3.05) is 0 Å². The van der Waals surface area contributed by atoms with Crippen molar-refractivity contribution in [2.24, 2.45) is 0 Å². The van der Waals surface area contributed by atoms with Crippen LogP contribution in [0.1, 0.15) is 25.7 Å². The van der Waals surface area contributed by atoms with Crippen molar-refractivity contribution in [1.29, 1.82) is 0 Å². The summed E-state index contributed by atoms with van der Waals surface area (Å²) in [6, 6.07) is 0. The molecule has 1 nitrogen and oxygen atoms in total. The summed E-state index contributed by atoms with van der Waals surface area (Å²) >= 11 is 6.71. The van der Waals surface area contributed by atoms with Crippen molar-refractivity contribution in [3.8, 4) is 0 Å². The number of allylic oxidation sites excluding steroid dienone is 2. The van der Waals surface area contributed by atoms with Gasteiger partial charge in [-0.05, 0) is 25.7 Å². The molecule has 0 saturated carbocycles. The van der Waals surface area contributed by atoms with Gasteiger partial charge in [-0.3, -0.25) is 0 Å². The van der Waals surface area contributed by atoms with Crippen LogP contribution in [0.3, 0.4) is 0 Å². The largest absolute Gasteiger partial charge is 0.388 e. The maximum Gasteiger partial charge on any atom is 0.0984 e. The van der Waals surface area contributed by atoms with Crippen molar-refractivity contribution in [2.45, 2.75) is 35.0 Å². The van der Waals surface area contributed by atoms with Crippen LogP contribution in [0.5, 0.6) is 0 Å². The Hall–Kier alpha value is 0.400. The third kappa shape index (κ3) is 4.99. The van der Waals surface area contributed by atoms with Gasteiger partial charge in [0.1, 0.15) is 0 Å². The molecule has 0 aliphatic rings. The van der Waals surface area contributed by atoms with Crippen molar-refractivity contribution in [1.82, 2.24) is 0 Å². The first kappa shape index (κ1) is 13.4. The number of aliphatic hydroxyl groups is 1. The third-order valence-electron chi connectivity index (χ3n) is 1.97. The SMILES string of the molecule is C=CCCC(O)(CCC=C)C(Br)Br. The molecule has 76 valence electrons. The molecule has 0 unspecified atom stereocenters. The second kappa shape index (κ2) is 6.80. The van der Waals surface area contributed by atoms with Crippen LogP contribution in [0.25, 0.3) is 0 Å². The summed E-state index contributed by atoms with van der Waals surface area (Å²) in [5.41, 5.74) is -0.706. The lowest BCUT2D eigenvalue weighted by Gasteiger charge is -2.29. The molecule has 3 heteroatoms. The van der Waals surface area contributed by atoms with E-state index in [9.17, 15) is 5.11 Å². The molecule has 0 fully saturated rings. The van der Waals surface area contributed by atoms with E-state index in [0.29, 0.717) is 12.8 Å². The minimum atomic E-state index is -0.706. The van der Waals surface area contributed by atoms with Gasteiger partial charge in [-0.15, -0.1) is 13.2 Å². The molecule has 0 aromatic rings. The summed E-state index contributed by atoms with van der Waals surface area (Å²) in [6.45, 7) is 7.28. The quantitative estimate of drug-likeness (QED) is 0.560. The van der Waals surface area contributed by atoms with Crippen LogP contribution in [-0.2, 0) is 0 Å². The Kier molecular flexibility index (Phi) is 7.00. The number of rotatable bonds is 7. The van der Waals surface area contributed by atoms with Crippen LogP contribution in [0.4, 0.5) is 0 Å². The molecular formula is C10H16Br2O. The Morgan fingerprint density at radius 3 is 1.77 bits per heavy atom. The average molecular weight is 312 g/mol. The van der Waals surface area contributed by atoms with Gasteiger partial charge in [-0.2, -0.15) is 0 Å². The minimum absolute atomic E-state index is 0.0765. The summed E-state index contributed by atoms with van der Waals surface area (Å²) in [7, 11) is 0. The number of alkyl halides is 2. The van der Waals surface area contributed by atoms with Gasteiger partial charge < -0.3 is 5.11 Å². The maximum absolute atomic E-state index is 10.2. The van der Waals surface area contributed by atoms with E-state index < -0.39 is 5.60 Å². The third-order valence-corrected chi connectivity index (χ3v) is 3.67. The zero-order valence-corrected chi connectivity index (χ0v) is 10.8. The second-order valence-electron chi connectivity index (χ2n) is 3.06. The van der Waals surface area contributed by atoms with Crippen LogP contribution in [0.2, 0.25) is 0 Å². The molecule has 0 aliphatic heterocycles. The summed E-state index contributed by atoms with van der Waals surface area (Å²) in [4.78, 5) is 0. The van der Waals surface area contributed by atoms with Crippen molar-refractivity contribution in [3.63, 3.8) is 0 Å². The summed E-state index contributed by atoms with van der Waals surface area (Å²) in [6.07, 6.45) is 6.71. The first-order chi connectivity index (χ1) is 6.06. The molecule has 1 N–H and O–H groups in total. The Morgan fingerprint density at radius 2 is 1.54 bits per heavy atom. The van der Waals surface area contributed by atoms with Crippen LogP contribution in [0.15, 0.2) is 25.3 Å². The summed E-state index contributed by atoms with van der Waals surface area (Å²) in [5.74, 6) is 0. The predicted molar refractivity (Wildman–Crippen MR) is 65.5 cm³/mol. The van der Waals surface area contributed by atoms with E-state index in [1.54, 1.807) is 0 Å². The topological polar surface area (TPSA) is 20.2 Å². The van der Waals surface area contributed by atoms with E-state index in [-0.39, 0.29) is 3.74 Å². The summed E-state index contributed by atoms with van der Waals surface area (Å²) in [5, 5.41) is 10.2. The monoisotopic (exact) mass is 310 g/mol. The van der Waals surface area contributed by atoms with E-state index in [2.05, 4.69) is 45.0 Å². The lowest BCUT2D eigenvalue weighted by molar-refractivity contribution is 0.0441. The number of hydrogen-bond acceptors (Lipinski definition) is 1. The molecule has 0 aromatic heterocycles. The molecular weight excluding hydrogens is 296 g/mol. The molecule has 0 saturated heterocycles. The minimum Gasteiger partial charge on any atom is -0.388 e. The highest BCUT2D eigenvalue weighted by molar-refractivity contribution is 9.24. The van der Waals surface area contributed by atoms with Gasteiger partial charge in [0.05, 0.1) is 9.34 Å². The Balaban J connectivity index is 4.14. The molecule has 0 atom stereocenters. The lowest BCUT2D eigenvalue weighted by atomic mass is 9.94. The molecule has 0 amide bonds. The molecule has 0 bridgehead atoms. The predicted octanol–water partition coefficient (Wildman–Crippen LogP) is 3.77. The zero-order valence-electron chi connectivity index (χ0n) is 7.68. The highest BCUT2D eigenvalue weighted by Gasteiger charge is 2.31. The van der Waals surface area contributed by atoms with E-state index in [4.69, 9.17) is 0 Å². The highest BCUT2D eigenvalue weighted by atomic mass is 79.9. The molecule has 0 aromatic carbocycles. The van der Waals surface area contributed by atoms with Gasteiger partial charge in [-0.25, -0.2) is 0 Å². The van der Waals surface area contributed by atoms with Gasteiger partial charge in [-0.1, -0.05) is 44.0 Å². The molecule has 0 radical (unpaired) electrons. The van der Waals surface area contributed by atoms with Crippen molar-refractivity contribution in [3.05, 3.63) is 25.3 Å². The fourth-order valence-corrected chi connectivity index (χ4v) is 1.96. The van der Waals surface area contributed by atoms with Crippen molar-refractivity contribution < 1.29 is 5.11 Å². The normalized spacial score (nSPS) is 11.7. The van der Waals surface area contributed by atoms with Crippen LogP contribution in [-0.4, -0.2) is 14.4 Å². The maximum atomic E-state index is 10.2. The fourth-order valence-electron chi connectivity index (χ4n) is 1.05. The fraction of sp³-hybridized carbons (Fsp3) is 0.600. The Labute approximate surface area is 97.2 Å². The number of hydrogen-bond donors (Lipinski definition) is 1.